The highest BCUT2D eigenvalue weighted by molar-refractivity contribution is 5.69. The number of H-pyrrole nitrogens is 2. The number of carbonyl (C=O) groups is 1. The van der Waals surface area contributed by atoms with Crippen molar-refractivity contribution in [3.63, 3.8) is 0 Å². The van der Waals surface area contributed by atoms with E-state index in [0.717, 1.165) is 6.92 Å². The highest BCUT2D eigenvalue weighted by Gasteiger charge is 2.11. The number of imidazole rings is 1. The van der Waals surface area contributed by atoms with Crippen LogP contribution in [0, 0.1) is 0 Å². The summed E-state index contributed by atoms with van der Waals surface area (Å²) < 4.78 is 0.336. The zero-order valence-electron chi connectivity index (χ0n) is 7.60. The van der Waals surface area contributed by atoms with Gasteiger partial charge in [-0.05, 0) is 0 Å². The van der Waals surface area contributed by atoms with Gasteiger partial charge in [-0.3, -0.25) is 9.78 Å². The van der Waals surface area contributed by atoms with E-state index in [-0.39, 0.29) is 11.2 Å². The van der Waals surface area contributed by atoms with E-state index in [0.29, 0.717) is 4.73 Å². The van der Waals surface area contributed by atoms with Crippen molar-refractivity contribution >= 4 is 17.1 Å². The molecule has 0 amide bonds. The van der Waals surface area contributed by atoms with Gasteiger partial charge in [0, 0.05) is 6.92 Å². The average Bonchev–Trinajstić information content (AvgIpc) is 2.59. The van der Waals surface area contributed by atoms with Gasteiger partial charge >= 0.3 is 17.2 Å². The second kappa shape index (κ2) is 3.08. The summed E-state index contributed by atoms with van der Waals surface area (Å²) in [6.07, 6.45) is 1.25. The fourth-order valence-corrected chi connectivity index (χ4v) is 1.11. The van der Waals surface area contributed by atoms with Crippen molar-refractivity contribution in [2.45, 2.75) is 6.92 Å². The van der Waals surface area contributed by atoms with Crippen LogP contribution in [-0.4, -0.2) is 25.7 Å². The van der Waals surface area contributed by atoms with Crippen LogP contribution in [0.3, 0.4) is 0 Å². The smallest absolute Gasteiger partial charge is 0.339 e. The summed E-state index contributed by atoms with van der Waals surface area (Å²) in [5.74, 6) is -0.763. The molecule has 78 valence electrons. The number of hydrogen-bond donors (Lipinski definition) is 2. The van der Waals surface area contributed by atoms with Crippen LogP contribution < -0.4 is 16.1 Å². The number of aromatic nitrogens is 4. The summed E-state index contributed by atoms with van der Waals surface area (Å²) in [5.41, 5.74) is -1.43. The summed E-state index contributed by atoms with van der Waals surface area (Å²) >= 11 is 0. The Bertz CT molecular complexity index is 634. The number of rotatable bonds is 1. The third-order valence-corrected chi connectivity index (χ3v) is 1.67. The van der Waals surface area contributed by atoms with Gasteiger partial charge in [-0.2, -0.15) is 0 Å². The van der Waals surface area contributed by atoms with E-state index in [4.69, 9.17) is 0 Å². The first-order valence-electron chi connectivity index (χ1n) is 3.97. The van der Waals surface area contributed by atoms with Crippen LogP contribution in [0.5, 0.6) is 0 Å². The van der Waals surface area contributed by atoms with E-state index in [9.17, 15) is 14.4 Å². The standard InChI is InChI=1S/C7H6N4O4/c1-3(12)15-11-6(13)4-5(9-2-8-4)10-7(11)14/h2H,1H3,(H,8,9)(H,10,14). The van der Waals surface area contributed by atoms with Gasteiger partial charge in [0.25, 0.3) is 0 Å². The minimum absolute atomic E-state index is 0.0656. The molecule has 0 fully saturated rings. The van der Waals surface area contributed by atoms with E-state index in [1.54, 1.807) is 0 Å². The number of nitrogens with zero attached hydrogens (tertiary/aromatic N) is 2. The van der Waals surface area contributed by atoms with Crippen LogP contribution in [0.25, 0.3) is 11.2 Å². The minimum Gasteiger partial charge on any atom is -0.339 e. The quantitative estimate of drug-likeness (QED) is 0.588. The van der Waals surface area contributed by atoms with Crippen molar-refractivity contribution in [3.05, 3.63) is 27.2 Å². The van der Waals surface area contributed by atoms with Crippen LogP contribution in [0.1, 0.15) is 6.92 Å². The van der Waals surface area contributed by atoms with Crippen molar-refractivity contribution in [2.24, 2.45) is 0 Å². The summed E-state index contributed by atoms with van der Waals surface area (Å²) in [5, 5.41) is 0. The molecule has 2 aromatic rings. The fraction of sp³-hybridized carbons (Fsp3) is 0.143. The topological polar surface area (TPSA) is 110 Å². The lowest BCUT2D eigenvalue weighted by Gasteiger charge is -2.00. The molecule has 0 aromatic carbocycles. The van der Waals surface area contributed by atoms with E-state index in [1.807, 2.05) is 0 Å². The molecule has 15 heavy (non-hydrogen) atoms. The SMILES string of the molecule is CC(=O)On1c(=O)[nH]c2nc[nH]c2c1=O. The van der Waals surface area contributed by atoms with E-state index in [2.05, 4.69) is 19.8 Å². The van der Waals surface area contributed by atoms with E-state index in [1.165, 1.54) is 6.33 Å². The van der Waals surface area contributed by atoms with Crippen molar-refractivity contribution < 1.29 is 9.63 Å². The Hall–Kier alpha value is -2.38. The van der Waals surface area contributed by atoms with Crippen LogP contribution in [0.2, 0.25) is 0 Å². The van der Waals surface area contributed by atoms with E-state index >= 15 is 0 Å². The molecule has 0 saturated carbocycles. The van der Waals surface area contributed by atoms with E-state index < -0.39 is 17.2 Å². The Kier molecular flexibility index (Phi) is 1.89. The molecule has 2 N–H and O–H groups in total. The van der Waals surface area contributed by atoms with Gasteiger partial charge in [0.05, 0.1) is 6.33 Å². The van der Waals surface area contributed by atoms with Gasteiger partial charge in [-0.25, -0.2) is 14.6 Å². The fourth-order valence-electron chi connectivity index (χ4n) is 1.11. The Morgan fingerprint density at radius 3 is 2.93 bits per heavy atom. The molecule has 2 heterocycles. The van der Waals surface area contributed by atoms with Crippen molar-refractivity contribution in [2.75, 3.05) is 0 Å². The zero-order chi connectivity index (χ0) is 11.0. The molecule has 0 aliphatic rings. The Morgan fingerprint density at radius 2 is 2.27 bits per heavy atom. The van der Waals surface area contributed by atoms with Crippen molar-refractivity contribution in [1.82, 2.24) is 19.7 Å². The molecule has 0 radical (unpaired) electrons. The molecule has 0 spiro atoms. The first kappa shape index (κ1) is 9.19. The maximum atomic E-state index is 11.5. The molecular weight excluding hydrogens is 204 g/mol. The lowest BCUT2D eigenvalue weighted by molar-refractivity contribution is -0.142. The van der Waals surface area contributed by atoms with Crippen molar-refractivity contribution in [1.29, 1.82) is 0 Å². The first-order valence-corrected chi connectivity index (χ1v) is 3.97. The van der Waals surface area contributed by atoms with Crippen LogP contribution >= 0.6 is 0 Å². The lowest BCUT2D eigenvalue weighted by atomic mass is 10.5. The molecular formula is C7H6N4O4. The third kappa shape index (κ3) is 1.41. The van der Waals surface area contributed by atoms with Crippen LogP contribution in [0.15, 0.2) is 15.9 Å². The molecule has 8 nitrogen and oxygen atoms in total. The highest BCUT2D eigenvalue weighted by Crippen LogP contribution is 1.94. The Labute approximate surface area is 81.5 Å². The molecule has 0 unspecified atom stereocenters. The number of fused-ring (bicyclic) bond motifs is 1. The van der Waals surface area contributed by atoms with Gasteiger partial charge in [-0.15, -0.1) is 0 Å². The Balaban J connectivity index is 2.78. The van der Waals surface area contributed by atoms with Gasteiger partial charge in [-0.1, -0.05) is 4.73 Å². The summed E-state index contributed by atoms with van der Waals surface area (Å²) in [6, 6.07) is 0. The molecule has 0 bridgehead atoms. The van der Waals surface area contributed by atoms with Gasteiger partial charge in [0.2, 0.25) is 0 Å². The number of hydrogen-bond acceptors (Lipinski definition) is 5. The highest BCUT2D eigenvalue weighted by atomic mass is 16.7. The molecule has 0 aliphatic carbocycles. The minimum atomic E-state index is -0.852. The molecule has 0 aliphatic heterocycles. The molecule has 0 saturated heterocycles. The maximum absolute atomic E-state index is 11.5. The molecule has 2 aromatic heterocycles. The second-order valence-electron chi connectivity index (χ2n) is 2.74. The summed E-state index contributed by atoms with van der Waals surface area (Å²) in [4.78, 5) is 46.4. The lowest BCUT2D eigenvalue weighted by Crippen LogP contribution is -2.41. The molecule has 8 heteroatoms. The largest absolute Gasteiger partial charge is 0.364 e. The number of nitrogens with one attached hydrogen (secondary N) is 2. The molecule has 2 rings (SSSR count). The van der Waals surface area contributed by atoms with Crippen molar-refractivity contribution in [3.8, 4) is 0 Å². The van der Waals surface area contributed by atoms with Gasteiger partial charge in [0.15, 0.2) is 11.2 Å². The first-order chi connectivity index (χ1) is 7.09. The van der Waals surface area contributed by atoms with Crippen LogP contribution in [0.4, 0.5) is 0 Å². The third-order valence-electron chi connectivity index (χ3n) is 1.67. The second-order valence-corrected chi connectivity index (χ2v) is 2.74. The average molecular weight is 210 g/mol. The number of carbonyl (C=O) groups excluding carboxylic acids is 1. The summed E-state index contributed by atoms with van der Waals surface area (Å²) in [7, 11) is 0. The van der Waals surface area contributed by atoms with Gasteiger partial charge in [0.1, 0.15) is 0 Å². The van der Waals surface area contributed by atoms with Crippen LogP contribution in [-0.2, 0) is 4.79 Å². The number of aromatic amines is 2. The monoisotopic (exact) mass is 210 g/mol. The predicted molar refractivity (Wildman–Crippen MR) is 48.2 cm³/mol. The molecule has 0 atom stereocenters. The zero-order valence-corrected chi connectivity index (χ0v) is 7.60. The van der Waals surface area contributed by atoms with Gasteiger partial charge < -0.3 is 9.82 Å². The Morgan fingerprint density at radius 1 is 1.53 bits per heavy atom. The normalized spacial score (nSPS) is 10.5. The summed E-state index contributed by atoms with van der Waals surface area (Å²) in [6.45, 7) is 1.09. The predicted octanol–water partition coefficient (Wildman–Crippen LogP) is -1.61. The maximum Gasteiger partial charge on any atom is 0.364 e.